The minimum absolute atomic E-state index is 0.548. The second-order valence-corrected chi connectivity index (χ2v) is 5.66. The van der Waals surface area contributed by atoms with Crippen LogP contribution in [0.25, 0.3) is 21.5 Å². The molecule has 0 aromatic heterocycles. The summed E-state index contributed by atoms with van der Waals surface area (Å²) in [6.07, 6.45) is 3.56. The molecule has 24 heavy (non-hydrogen) atoms. The Bertz CT molecular complexity index is 735. The lowest BCUT2D eigenvalue weighted by Crippen LogP contribution is -2.01. The predicted octanol–water partition coefficient (Wildman–Crippen LogP) is 5.40. The van der Waals surface area contributed by atoms with Crippen molar-refractivity contribution in [1.82, 2.24) is 0 Å². The summed E-state index contributed by atoms with van der Waals surface area (Å²) < 4.78 is 11.5. The average molecular weight is 318 g/mol. The zero-order chi connectivity index (χ0) is 16.8. The van der Waals surface area contributed by atoms with Crippen LogP contribution in [0.1, 0.15) is 11.1 Å². The molecule has 0 atom stereocenters. The third kappa shape index (κ3) is 3.25. The van der Waals surface area contributed by atoms with E-state index >= 15 is 0 Å². The van der Waals surface area contributed by atoms with E-state index in [-0.39, 0.29) is 0 Å². The Balaban J connectivity index is 2.20. The van der Waals surface area contributed by atoms with Crippen LogP contribution in [0.2, 0.25) is 0 Å². The summed E-state index contributed by atoms with van der Waals surface area (Å²) in [7, 11) is 0. The van der Waals surface area contributed by atoms with Crippen LogP contribution < -0.4 is 0 Å². The second kappa shape index (κ2) is 7.91. The molecule has 0 bridgehead atoms. The number of rotatable bonds is 8. The van der Waals surface area contributed by atoms with Gasteiger partial charge < -0.3 is 9.47 Å². The van der Waals surface area contributed by atoms with E-state index < -0.39 is 0 Å². The molecule has 0 aliphatic heterocycles. The molecule has 2 heteroatoms. The van der Waals surface area contributed by atoms with Crippen molar-refractivity contribution >= 4 is 21.5 Å². The maximum absolute atomic E-state index is 5.76. The highest BCUT2D eigenvalue weighted by atomic mass is 16.5. The lowest BCUT2D eigenvalue weighted by molar-refractivity contribution is 0.149. The summed E-state index contributed by atoms with van der Waals surface area (Å²) >= 11 is 0. The topological polar surface area (TPSA) is 18.5 Å². The fourth-order valence-electron chi connectivity index (χ4n) is 3.11. The Morgan fingerprint density at radius 2 is 0.958 bits per heavy atom. The molecule has 0 amide bonds. The van der Waals surface area contributed by atoms with E-state index in [1.165, 1.54) is 32.7 Å². The first-order valence-electron chi connectivity index (χ1n) is 8.15. The number of hydrogen-bond donors (Lipinski definition) is 0. The van der Waals surface area contributed by atoms with Gasteiger partial charge in [-0.1, -0.05) is 60.7 Å². The van der Waals surface area contributed by atoms with Crippen molar-refractivity contribution in [2.45, 2.75) is 13.2 Å². The highest BCUT2D eigenvalue weighted by Gasteiger charge is 2.13. The molecule has 0 fully saturated rings. The first kappa shape index (κ1) is 16.4. The molecule has 0 aliphatic rings. The molecule has 0 saturated heterocycles. The van der Waals surface area contributed by atoms with Gasteiger partial charge >= 0.3 is 0 Å². The molecule has 2 nitrogen and oxygen atoms in total. The third-order valence-corrected chi connectivity index (χ3v) is 4.12. The number of fused-ring (bicyclic) bond motifs is 2. The first-order valence-corrected chi connectivity index (χ1v) is 8.15. The minimum Gasteiger partial charge on any atom is -0.373 e. The van der Waals surface area contributed by atoms with Crippen LogP contribution in [0.15, 0.2) is 73.8 Å². The predicted molar refractivity (Wildman–Crippen MR) is 101 cm³/mol. The van der Waals surface area contributed by atoms with E-state index in [1.54, 1.807) is 12.2 Å². The van der Waals surface area contributed by atoms with Crippen molar-refractivity contribution in [1.29, 1.82) is 0 Å². The van der Waals surface area contributed by atoms with Gasteiger partial charge in [0.25, 0.3) is 0 Å². The van der Waals surface area contributed by atoms with Crippen molar-refractivity contribution in [2.75, 3.05) is 13.2 Å². The van der Waals surface area contributed by atoms with Crippen LogP contribution in [0, 0.1) is 0 Å². The van der Waals surface area contributed by atoms with Crippen molar-refractivity contribution in [3.05, 3.63) is 85.0 Å². The smallest absolute Gasteiger partial charge is 0.0733 e. The van der Waals surface area contributed by atoms with Gasteiger partial charge in [-0.3, -0.25) is 0 Å². The van der Waals surface area contributed by atoms with Gasteiger partial charge in [-0.05, 0) is 32.7 Å². The Labute approximate surface area is 143 Å². The lowest BCUT2D eigenvalue weighted by atomic mass is 9.92. The molecule has 3 rings (SSSR count). The van der Waals surface area contributed by atoms with Crippen LogP contribution in [0.5, 0.6) is 0 Å². The SMILES string of the molecule is C=CCOCc1c2ccccc2c(COCC=C)c2ccccc12. The molecule has 0 heterocycles. The standard InChI is InChI=1S/C22H22O2/c1-3-13-23-15-21-17-9-5-7-11-19(17)22(16-24-14-4-2)20-12-8-6-10-18(20)21/h3-12H,1-2,13-16H2. The zero-order valence-corrected chi connectivity index (χ0v) is 13.8. The molecular formula is C22H22O2. The van der Waals surface area contributed by atoms with Gasteiger partial charge in [0.15, 0.2) is 0 Å². The number of hydrogen-bond acceptors (Lipinski definition) is 2. The molecule has 122 valence electrons. The van der Waals surface area contributed by atoms with E-state index in [1.807, 2.05) is 0 Å². The molecular weight excluding hydrogens is 296 g/mol. The van der Waals surface area contributed by atoms with Crippen LogP contribution >= 0.6 is 0 Å². The molecule has 0 spiro atoms. The van der Waals surface area contributed by atoms with E-state index in [9.17, 15) is 0 Å². The Morgan fingerprint density at radius 3 is 1.25 bits per heavy atom. The maximum atomic E-state index is 5.76. The van der Waals surface area contributed by atoms with E-state index in [0.717, 1.165) is 0 Å². The molecule has 0 aliphatic carbocycles. The summed E-state index contributed by atoms with van der Waals surface area (Å²) in [4.78, 5) is 0. The second-order valence-electron chi connectivity index (χ2n) is 5.66. The Hall–Kier alpha value is -2.42. The van der Waals surface area contributed by atoms with Gasteiger partial charge in [0, 0.05) is 0 Å². The van der Waals surface area contributed by atoms with Crippen molar-refractivity contribution in [3.8, 4) is 0 Å². The van der Waals surface area contributed by atoms with Crippen LogP contribution in [0.4, 0.5) is 0 Å². The van der Waals surface area contributed by atoms with Gasteiger partial charge in [0.05, 0.1) is 26.4 Å². The van der Waals surface area contributed by atoms with Crippen LogP contribution in [-0.4, -0.2) is 13.2 Å². The minimum atomic E-state index is 0.548. The maximum Gasteiger partial charge on any atom is 0.0733 e. The quantitative estimate of drug-likeness (QED) is 0.314. The van der Waals surface area contributed by atoms with Gasteiger partial charge in [-0.2, -0.15) is 0 Å². The summed E-state index contributed by atoms with van der Waals surface area (Å²) in [6, 6.07) is 16.9. The highest BCUT2D eigenvalue weighted by molar-refractivity contribution is 6.05. The van der Waals surface area contributed by atoms with E-state index in [0.29, 0.717) is 26.4 Å². The first-order chi connectivity index (χ1) is 11.9. The number of ether oxygens (including phenoxy) is 2. The van der Waals surface area contributed by atoms with Crippen LogP contribution in [0.3, 0.4) is 0 Å². The molecule has 0 saturated carbocycles. The van der Waals surface area contributed by atoms with Crippen molar-refractivity contribution in [2.24, 2.45) is 0 Å². The molecule has 3 aromatic carbocycles. The normalized spacial score (nSPS) is 11.0. The fraction of sp³-hybridized carbons (Fsp3) is 0.182. The van der Waals surface area contributed by atoms with E-state index in [2.05, 4.69) is 61.7 Å². The Morgan fingerprint density at radius 1 is 0.625 bits per heavy atom. The summed E-state index contributed by atoms with van der Waals surface area (Å²) in [5.74, 6) is 0. The zero-order valence-electron chi connectivity index (χ0n) is 13.8. The summed E-state index contributed by atoms with van der Waals surface area (Å²) in [6.45, 7) is 9.68. The van der Waals surface area contributed by atoms with Gasteiger partial charge in [-0.15, -0.1) is 13.2 Å². The monoisotopic (exact) mass is 318 g/mol. The van der Waals surface area contributed by atoms with E-state index in [4.69, 9.17) is 9.47 Å². The Kier molecular flexibility index (Phi) is 5.42. The lowest BCUT2D eigenvalue weighted by Gasteiger charge is -2.16. The summed E-state index contributed by atoms with van der Waals surface area (Å²) in [5, 5.41) is 4.88. The van der Waals surface area contributed by atoms with Crippen LogP contribution in [-0.2, 0) is 22.7 Å². The molecule has 3 aromatic rings. The van der Waals surface area contributed by atoms with Crippen molar-refractivity contribution in [3.63, 3.8) is 0 Å². The molecule has 0 N–H and O–H groups in total. The van der Waals surface area contributed by atoms with Gasteiger partial charge in [0.2, 0.25) is 0 Å². The average Bonchev–Trinajstić information content (AvgIpc) is 2.63. The van der Waals surface area contributed by atoms with Gasteiger partial charge in [-0.25, -0.2) is 0 Å². The van der Waals surface area contributed by atoms with Crippen molar-refractivity contribution < 1.29 is 9.47 Å². The largest absolute Gasteiger partial charge is 0.373 e. The number of benzene rings is 3. The van der Waals surface area contributed by atoms with Gasteiger partial charge in [0.1, 0.15) is 0 Å². The third-order valence-electron chi connectivity index (χ3n) is 4.12. The molecule has 0 unspecified atom stereocenters. The summed E-state index contributed by atoms with van der Waals surface area (Å²) in [5.41, 5.74) is 2.44. The highest BCUT2D eigenvalue weighted by Crippen LogP contribution is 2.33. The molecule has 0 radical (unpaired) electrons. The fourth-order valence-corrected chi connectivity index (χ4v) is 3.11.